The highest BCUT2D eigenvalue weighted by Crippen LogP contribution is 2.49. The molecule has 0 aliphatic rings. The van der Waals surface area contributed by atoms with Crippen LogP contribution in [0.4, 0.5) is 0 Å². The lowest BCUT2D eigenvalue weighted by Crippen LogP contribution is -2.36. The van der Waals surface area contributed by atoms with Crippen molar-refractivity contribution < 1.29 is 27.6 Å². The second-order valence-corrected chi connectivity index (χ2v) is 12.1. The minimum atomic E-state index is -3.87. The van der Waals surface area contributed by atoms with Gasteiger partial charge in [0.1, 0.15) is 0 Å². The predicted octanol–water partition coefficient (Wildman–Crippen LogP) is 4.25. The van der Waals surface area contributed by atoms with Crippen molar-refractivity contribution in [1.29, 1.82) is 0 Å². The summed E-state index contributed by atoms with van der Waals surface area (Å²) in [7, 11) is -5.55. The van der Waals surface area contributed by atoms with Crippen LogP contribution < -0.4 is 0 Å². The molecule has 0 radical (unpaired) electrons. The topological polar surface area (TPSA) is 98.2 Å². The average Bonchev–Trinajstić information content (AvgIpc) is 2.56. The van der Waals surface area contributed by atoms with E-state index in [4.69, 9.17) is 19.0 Å². The zero-order valence-electron chi connectivity index (χ0n) is 15.5. The van der Waals surface area contributed by atoms with Gasteiger partial charge in [0.15, 0.2) is 8.32 Å². The first kappa shape index (κ1) is 23.4. The first-order valence-electron chi connectivity index (χ1n) is 8.67. The quantitative estimate of drug-likeness (QED) is 0.112. The molecule has 0 rings (SSSR count). The van der Waals surface area contributed by atoms with Crippen LogP contribution in [0.25, 0.3) is 5.53 Å². The summed E-state index contributed by atoms with van der Waals surface area (Å²) in [5.74, 6) is -0.539. The van der Waals surface area contributed by atoms with Crippen molar-refractivity contribution >= 4 is 27.1 Å². The van der Waals surface area contributed by atoms with Gasteiger partial charge in [-0.2, -0.15) is 4.79 Å². The van der Waals surface area contributed by atoms with Gasteiger partial charge >= 0.3 is 13.0 Å². The normalized spacial score (nSPS) is 12.0. The molecule has 0 unspecified atom stereocenters. The number of rotatable bonds is 14. The van der Waals surface area contributed by atoms with E-state index in [1.54, 1.807) is 13.8 Å². The van der Waals surface area contributed by atoms with Crippen LogP contribution in [0, 0.1) is 0 Å². The highest BCUT2D eigenvalue weighted by Gasteiger charge is 2.44. The van der Waals surface area contributed by atoms with Gasteiger partial charge in [0.25, 0.3) is 5.78 Å². The second-order valence-electron chi connectivity index (χ2n) is 5.38. The summed E-state index contributed by atoms with van der Waals surface area (Å²) in [5.41, 5.74) is 8.56. The number of carbonyl (C=O) groups excluding carboxylic acids is 1. The Balaban J connectivity index is 4.74. The molecular formula is C15H31N2O5PSi. The lowest BCUT2D eigenvalue weighted by atomic mass is 10.2. The van der Waals surface area contributed by atoms with E-state index in [0.29, 0.717) is 13.0 Å². The van der Waals surface area contributed by atoms with Crippen LogP contribution in [0.1, 0.15) is 47.5 Å². The molecule has 0 aromatic carbocycles. The number of carbonyl (C=O) groups is 1. The van der Waals surface area contributed by atoms with Crippen LogP contribution in [0.2, 0.25) is 18.1 Å². The fraction of sp³-hybridized carbons (Fsp3) is 0.867. The van der Waals surface area contributed by atoms with Gasteiger partial charge in [0, 0.05) is 13.0 Å². The Labute approximate surface area is 146 Å². The molecule has 0 aliphatic heterocycles. The van der Waals surface area contributed by atoms with Gasteiger partial charge in [-0.1, -0.05) is 20.8 Å². The molecule has 0 aliphatic carbocycles. The first-order valence-corrected chi connectivity index (χ1v) is 12.7. The molecule has 0 aromatic rings. The van der Waals surface area contributed by atoms with E-state index >= 15 is 0 Å². The fourth-order valence-electron chi connectivity index (χ4n) is 2.45. The lowest BCUT2D eigenvalue weighted by Gasteiger charge is -2.27. The van der Waals surface area contributed by atoms with E-state index in [-0.39, 0.29) is 19.6 Å². The summed E-state index contributed by atoms with van der Waals surface area (Å²) < 4.78 is 28.7. The van der Waals surface area contributed by atoms with Gasteiger partial charge in [0.2, 0.25) is 0 Å². The van der Waals surface area contributed by atoms with Crippen LogP contribution in [0.15, 0.2) is 0 Å². The number of ketones is 1. The molecule has 7 nitrogen and oxygen atoms in total. The third-order valence-electron chi connectivity index (χ3n) is 4.09. The monoisotopic (exact) mass is 378 g/mol. The third-order valence-corrected chi connectivity index (χ3v) is 10.8. The molecule has 9 heteroatoms. The Morgan fingerprint density at radius 2 is 1.54 bits per heavy atom. The lowest BCUT2D eigenvalue weighted by molar-refractivity contribution is -0.117. The maximum atomic E-state index is 12.5. The average molecular weight is 378 g/mol. The zero-order valence-corrected chi connectivity index (χ0v) is 17.4. The van der Waals surface area contributed by atoms with Crippen LogP contribution in [-0.4, -0.2) is 44.2 Å². The Kier molecular flexibility index (Phi) is 11.5. The summed E-state index contributed by atoms with van der Waals surface area (Å²) in [6, 6.07) is 3.13. The Bertz CT molecular complexity index is 472. The fourth-order valence-corrected chi connectivity index (χ4v) is 6.67. The molecule has 0 amide bonds. The highest BCUT2D eigenvalue weighted by molar-refractivity contribution is 7.74. The Morgan fingerprint density at radius 3 is 1.92 bits per heavy atom. The van der Waals surface area contributed by atoms with Crippen molar-refractivity contribution in [2.24, 2.45) is 0 Å². The van der Waals surface area contributed by atoms with E-state index in [1.807, 2.05) is 0 Å². The van der Waals surface area contributed by atoms with Crippen molar-refractivity contribution in [3.63, 3.8) is 0 Å². The molecule has 0 atom stereocenters. The smallest absolute Gasteiger partial charge is 0.417 e. The SMILES string of the molecule is CCOP(=O)(OCC)C(=[N+]=[N-])C(=O)CCCO[Si](CC)(CC)CC. The summed E-state index contributed by atoms with van der Waals surface area (Å²) in [6.07, 6.45) is 0.552. The number of nitrogens with zero attached hydrogens (tertiary/aromatic N) is 2. The highest BCUT2D eigenvalue weighted by atomic mass is 31.2. The van der Waals surface area contributed by atoms with E-state index < -0.39 is 27.1 Å². The largest absolute Gasteiger partial charge is 0.446 e. The van der Waals surface area contributed by atoms with Crippen LogP contribution in [0.3, 0.4) is 0 Å². The van der Waals surface area contributed by atoms with Crippen molar-refractivity contribution in [2.75, 3.05) is 19.8 Å². The molecule has 0 spiro atoms. The molecule has 0 aromatic heterocycles. The van der Waals surface area contributed by atoms with E-state index in [1.165, 1.54) is 0 Å². The molecule has 24 heavy (non-hydrogen) atoms. The molecular weight excluding hydrogens is 347 g/mol. The van der Waals surface area contributed by atoms with Gasteiger partial charge in [-0.05, 0) is 38.4 Å². The van der Waals surface area contributed by atoms with Crippen LogP contribution >= 0.6 is 7.60 Å². The molecule has 0 saturated carbocycles. The second kappa shape index (κ2) is 11.8. The molecule has 140 valence electrons. The van der Waals surface area contributed by atoms with Gasteiger partial charge in [-0.15, -0.1) is 0 Å². The molecule has 0 fully saturated rings. The Hall–Kier alpha value is -0.623. The van der Waals surface area contributed by atoms with Crippen molar-refractivity contribution in [2.45, 2.75) is 65.6 Å². The summed E-state index contributed by atoms with van der Waals surface area (Å²) in [4.78, 5) is 15.1. The summed E-state index contributed by atoms with van der Waals surface area (Å²) >= 11 is 0. The van der Waals surface area contributed by atoms with Gasteiger partial charge < -0.3 is 19.0 Å². The van der Waals surface area contributed by atoms with Crippen LogP contribution in [-0.2, 0) is 22.8 Å². The number of hydrogen-bond donors (Lipinski definition) is 0. The molecule has 0 saturated heterocycles. The van der Waals surface area contributed by atoms with E-state index in [0.717, 1.165) is 18.1 Å². The number of hydrogen-bond acceptors (Lipinski definition) is 5. The van der Waals surface area contributed by atoms with Gasteiger partial charge in [-0.25, -0.2) is 4.57 Å². The van der Waals surface area contributed by atoms with E-state index in [9.17, 15) is 9.36 Å². The summed E-state index contributed by atoms with van der Waals surface area (Å²) in [6.45, 7) is 10.3. The third kappa shape index (κ3) is 6.71. The standard InChI is InChI=1S/C15H31N2O5PSi/c1-6-20-23(19,21-7-2)15(17-16)14(18)12-11-13-22-24(8-3,9-4)10-5/h6-13H2,1-5H3. The van der Waals surface area contributed by atoms with Gasteiger partial charge in [-0.3, -0.25) is 4.79 Å². The van der Waals surface area contributed by atoms with E-state index in [2.05, 4.69) is 25.6 Å². The molecule has 0 N–H and O–H groups in total. The van der Waals surface area contributed by atoms with Crippen molar-refractivity contribution in [1.82, 2.24) is 0 Å². The Morgan fingerprint density at radius 1 is 1.04 bits per heavy atom. The molecule has 0 heterocycles. The molecule has 0 bridgehead atoms. The zero-order chi connectivity index (χ0) is 18.6. The van der Waals surface area contributed by atoms with Crippen LogP contribution in [0.5, 0.6) is 0 Å². The maximum Gasteiger partial charge on any atom is 0.446 e. The predicted molar refractivity (Wildman–Crippen MR) is 96.9 cm³/mol. The maximum absolute atomic E-state index is 12.5. The van der Waals surface area contributed by atoms with Crippen molar-refractivity contribution in [3.8, 4) is 0 Å². The van der Waals surface area contributed by atoms with Gasteiger partial charge in [0.05, 0.1) is 13.2 Å². The summed E-state index contributed by atoms with van der Waals surface area (Å²) in [5, 5.41) is 0. The first-order chi connectivity index (χ1) is 11.4. The number of Topliss-reactive ketones (excluding diaryl/α,β-unsaturated/α-hetero) is 1. The minimum absolute atomic E-state index is 0.0746. The van der Waals surface area contributed by atoms with Crippen molar-refractivity contribution in [3.05, 3.63) is 5.53 Å². The minimum Gasteiger partial charge on any atom is -0.417 e.